The summed E-state index contributed by atoms with van der Waals surface area (Å²) >= 11 is 3.31. The number of carbonyl (C=O) groups excluding carboxylic acids is 1. The summed E-state index contributed by atoms with van der Waals surface area (Å²) in [4.78, 5) is 16.6. The Kier molecular flexibility index (Phi) is 7.28. The van der Waals surface area contributed by atoms with E-state index in [-0.39, 0.29) is 22.7 Å². The van der Waals surface area contributed by atoms with Gasteiger partial charge in [-0.2, -0.15) is 4.31 Å². The van der Waals surface area contributed by atoms with Gasteiger partial charge in [-0.05, 0) is 42.8 Å². The molecular formula is C21H25BrFN3O3S. The summed E-state index contributed by atoms with van der Waals surface area (Å²) < 4.78 is 41.3. The fourth-order valence-electron chi connectivity index (χ4n) is 3.57. The van der Waals surface area contributed by atoms with Gasteiger partial charge in [0.1, 0.15) is 5.82 Å². The van der Waals surface area contributed by atoms with Crippen molar-refractivity contribution >= 4 is 31.9 Å². The van der Waals surface area contributed by atoms with Gasteiger partial charge < -0.3 is 4.90 Å². The molecule has 1 saturated heterocycles. The molecule has 1 aliphatic heterocycles. The van der Waals surface area contributed by atoms with Crippen molar-refractivity contribution in [2.24, 2.45) is 0 Å². The summed E-state index contributed by atoms with van der Waals surface area (Å²) in [6, 6.07) is 12.5. The monoisotopic (exact) mass is 497 g/mol. The molecule has 3 rings (SSSR count). The highest BCUT2D eigenvalue weighted by Crippen LogP contribution is 2.22. The van der Waals surface area contributed by atoms with Crippen molar-refractivity contribution in [3.8, 4) is 0 Å². The number of rotatable bonds is 6. The van der Waals surface area contributed by atoms with Gasteiger partial charge in [0.05, 0.1) is 10.9 Å². The lowest BCUT2D eigenvalue weighted by molar-refractivity contribution is -0.136. The zero-order valence-corrected chi connectivity index (χ0v) is 19.4. The number of likely N-dealkylation sites (N-methyl/N-ethyl adjacent to an activating group) is 1. The van der Waals surface area contributed by atoms with Crippen molar-refractivity contribution in [1.29, 1.82) is 0 Å². The van der Waals surface area contributed by atoms with Crippen LogP contribution in [0.1, 0.15) is 12.5 Å². The summed E-state index contributed by atoms with van der Waals surface area (Å²) in [6.45, 7) is 3.71. The van der Waals surface area contributed by atoms with Crippen LogP contribution in [-0.4, -0.2) is 67.7 Å². The second-order valence-electron chi connectivity index (χ2n) is 7.40. The average molecular weight is 498 g/mol. The van der Waals surface area contributed by atoms with E-state index >= 15 is 0 Å². The quantitative estimate of drug-likeness (QED) is 0.615. The van der Waals surface area contributed by atoms with E-state index in [1.165, 1.54) is 16.4 Å². The number of carbonyl (C=O) groups is 1. The second-order valence-corrected chi connectivity index (χ2v) is 10.3. The maximum atomic E-state index is 13.4. The summed E-state index contributed by atoms with van der Waals surface area (Å²) in [6.07, 6.45) is 0. The third-order valence-electron chi connectivity index (χ3n) is 5.30. The Morgan fingerprint density at radius 3 is 2.43 bits per heavy atom. The molecule has 1 heterocycles. The van der Waals surface area contributed by atoms with E-state index in [1.54, 1.807) is 48.3 Å². The zero-order valence-electron chi connectivity index (χ0n) is 17.0. The third-order valence-corrected chi connectivity index (χ3v) is 7.69. The summed E-state index contributed by atoms with van der Waals surface area (Å²) in [7, 11) is -1.88. The fourth-order valence-corrected chi connectivity index (χ4v) is 5.59. The standard InChI is InChI=1S/C21H25BrFN3O3S/c1-16(21(27)24(2)15-17-5-3-7-19(23)13-17)25-9-11-26(12-10-25)30(28,29)20-8-4-6-18(22)14-20/h3-8,13-14,16H,9-12,15H2,1-2H3. The summed E-state index contributed by atoms with van der Waals surface area (Å²) in [5.74, 6) is -0.410. The molecule has 2 aromatic carbocycles. The van der Waals surface area contributed by atoms with Crippen molar-refractivity contribution < 1.29 is 17.6 Å². The van der Waals surface area contributed by atoms with Crippen molar-refractivity contribution in [3.63, 3.8) is 0 Å². The zero-order chi connectivity index (χ0) is 21.9. The highest BCUT2D eigenvalue weighted by atomic mass is 79.9. The van der Waals surface area contributed by atoms with Crippen LogP contribution in [0.2, 0.25) is 0 Å². The molecular weight excluding hydrogens is 473 g/mol. The molecule has 30 heavy (non-hydrogen) atoms. The van der Waals surface area contributed by atoms with Gasteiger partial charge in [0.2, 0.25) is 15.9 Å². The highest BCUT2D eigenvalue weighted by molar-refractivity contribution is 9.10. The lowest BCUT2D eigenvalue weighted by Gasteiger charge is -2.37. The molecule has 1 fully saturated rings. The minimum Gasteiger partial charge on any atom is -0.340 e. The Hall–Kier alpha value is -1.81. The molecule has 0 aromatic heterocycles. The molecule has 162 valence electrons. The van der Waals surface area contributed by atoms with Crippen LogP contribution in [0.3, 0.4) is 0 Å². The average Bonchev–Trinajstić information content (AvgIpc) is 2.72. The number of halogens is 2. The second kappa shape index (κ2) is 9.55. The molecule has 2 aromatic rings. The lowest BCUT2D eigenvalue weighted by atomic mass is 10.1. The van der Waals surface area contributed by atoms with Crippen LogP contribution in [0.25, 0.3) is 0 Å². The first-order chi connectivity index (χ1) is 14.2. The van der Waals surface area contributed by atoms with Gasteiger partial charge in [-0.3, -0.25) is 9.69 Å². The molecule has 0 radical (unpaired) electrons. The highest BCUT2D eigenvalue weighted by Gasteiger charge is 2.32. The number of benzene rings is 2. The van der Waals surface area contributed by atoms with Gasteiger partial charge in [0, 0.05) is 44.2 Å². The predicted octanol–water partition coefficient (Wildman–Crippen LogP) is 2.94. The first-order valence-electron chi connectivity index (χ1n) is 9.67. The van der Waals surface area contributed by atoms with Crippen molar-refractivity contribution in [3.05, 3.63) is 64.4 Å². The van der Waals surface area contributed by atoms with Crippen molar-refractivity contribution in [2.45, 2.75) is 24.4 Å². The Morgan fingerprint density at radius 1 is 1.13 bits per heavy atom. The van der Waals surface area contributed by atoms with Gasteiger partial charge in [0.15, 0.2) is 0 Å². The van der Waals surface area contributed by atoms with E-state index in [2.05, 4.69) is 15.9 Å². The lowest BCUT2D eigenvalue weighted by Crippen LogP contribution is -2.54. The van der Waals surface area contributed by atoms with E-state index in [9.17, 15) is 17.6 Å². The molecule has 1 amide bonds. The molecule has 0 aliphatic carbocycles. The van der Waals surface area contributed by atoms with E-state index in [0.717, 1.165) is 5.56 Å². The van der Waals surface area contributed by atoms with Crippen LogP contribution < -0.4 is 0 Å². The number of nitrogens with zero attached hydrogens (tertiary/aromatic N) is 3. The SMILES string of the molecule is CC(C(=O)N(C)Cc1cccc(F)c1)N1CCN(S(=O)(=O)c2cccc(Br)c2)CC1. The number of amides is 1. The van der Waals surface area contributed by atoms with E-state index in [0.29, 0.717) is 37.2 Å². The molecule has 1 unspecified atom stereocenters. The Labute approximate surface area is 185 Å². The number of piperazine rings is 1. The van der Waals surface area contributed by atoms with Crippen molar-refractivity contribution in [1.82, 2.24) is 14.1 Å². The van der Waals surface area contributed by atoms with Gasteiger partial charge in [0.25, 0.3) is 0 Å². The van der Waals surface area contributed by atoms with Crippen LogP contribution in [-0.2, 0) is 21.4 Å². The van der Waals surface area contributed by atoms with E-state index < -0.39 is 10.0 Å². The predicted molar refractivity (Wildman–Crippen MR) is 117 cm³/mol. The molecule has 1 atom stereocenters. The van der Waals surface area contributed by atoms with Crippen LogP contribution in [0.15, 0.2) is 57.9 Å². The van der Waals surface area contributed by atoms with Gasteiger partial charge in [-0.15, -0.1) is 0 Å². The maximum Gasteiger partial charge on any atom is 0.243 e. The Balaban J connectivity index is 1.59. The van der Waals surface area contributed by atoms with E-state index in [1.807, 2.05) is 11.8 Å². The van der Waals surface area contributed by atoms with Gasteiger partial charge in [-0.25, -0.2) is 12.8 Å². The summed E-state index contributed by atoms with van der Waals surface area (Å²) in [5, 5.41) is 0. The van der Waals surface area contributed by atoms with E-state index in [4.69, 9.17) is 0 Å². The summed E-state index contributed by atoms with van der Waals surface area (Å²) in [5.41, 5.74) is 0.725. The van der Waals surface area contributed by atoms with Gasteiger partial charge >= 0.3 is 0 Å². The smallest absolute Gasteiger partial charge is 0.243 e. The molecule has 0 saturated carbocycles. The minimum absolute atomic E-state index is 0.0810. The number of hydrogen-bond acceptors (Lipinski definition) is 4. The molecule has 0 spiro atoms. The first kappa shape index (κ1) is 22.9. The molecule has 6 nitrogen and oxygen atoms in total. The van der Waals surface area contributed by atoms with Crippen LogP contribution in [0.5, 0.6) is 0 Å². The maximum absolute atomic E-state index is 13.4. The number of hydrogen-bond donors (Lipinski definition) is 0. The van der Waals surface area contributed by atoms with Gasteiger partial charge in [-0.1, -0.05) is 34.1 Å². The molecule has 1 aliphatic rings. The fraction of sp³-hybridized carbons (Fsp3) is 0.381. The minimum atomic E-state index is -3.57. The Bertz CT molecular complexity index is 1010. The Morgan fingerprint density at radius 2 is 1.80 bits per heavy atom. The topological polar surface area (TPSA) is 60.9 Å². The molecule has 9 heteroatoms. The normalized spacial score (nSPS) is 16.9. The molecule has 0 N–H and O–H groups in total. The van der Waals surface area contributed by atoms with Crippen LogP contribution >= 0.6 is 15.9 Å². The number of sulfonamides is 1. The molecule has 0 bridgehead atoms. The van der Waals surface area contributed by atoms with Crippen molar-refractivity contribution in [2.75, 3.05) is 33.2 Å². The van der Waals surface area contributed by atoms with Crippen LogP contribution in [0.4, 0.5) is 4.39 Å². The largest absolute Gasteiger partial charge is 0.340 e. The first-order valence-corrected chi connectivity index (χ1v) is 11.9. The third kappa shape index (κ3) is 5.26. The van der Waals surface area contributed by atoms with Crippen LogP contribution in [0, 0.1) is 5.82 Å².